The van der Waals surface area contributed by atoms with Crippen LogP contribution in [0.1, 0.15) is 29.7 Å². The van der Waals surface area contributed by atoms with E-state index in [1.54, 1.807) is 0 Å². The standard InChI is InChI=1S/C14H25N3O2S2/c1-12-11-20-13(10-15-2)14(12)21(18,19)16-6-9-17-7-4-3-5-8-17/h11,15-16H,3-10H2,1-2H3. The predicted octanol–water partition coefficient (Wildman–Crippen LogP) is 1.54. The van der Waals surface area contributed by atoms with E-state index >= 15 is 0 Å². The second-order valence-corrected chi connectivity index (χ2v) is 8.17. The van der Waals surface area contributed by atoms with Crippen molar-refractivity contribution in [1.29, 1.82) is 0 Å². The van der Waals surface area contributed by atoms with Crippen LogP contribution in [0.5, 0.6) is 0 Å². The van der Waals surface area contributed by atoms with Crippen LogP contribution in [0.3, 0.4) is 0 Å². The van der Waals surface area contributed by atoms with E-state index in [2.05, 4.69) is 14.9 Å². The molecule has 0 bridgehead atoms. The molecule has 0 radical (unpaired) electrons. The van der Waals surface area contributed by atoms with Crippen molar-refractivity contribution in [3.05, 3.63) is 15.8 Å². The van der Waals surface area contributed by atoms with Gasteiger partial charge in [-0.15, -0.1) is 11.3 Å². The van der Waals surface area contributed by atoms with Gasteiger partial charge in [0.2, 0.25) is 10.0 Å². The Kier molecular flexibility index (Phi) is 6.19. The zero-order chi connectivity index (χ0) is 15.3. The van der Waals surface area contributed by atoms with Crippen molar-refractivity contribution in [1.82, 2.24) is 14.9 Å². The first-order valence-corrected chi connectivity index (χ1v) is 9.84. The minimum atomic E-state index is -3.41. The number of aryl methyl sites for hydroxylation is 1. The molecular formula is C14H25N3O2S2. The van der Waals surface area contributed by atoms with Crippen LogP contribution in [-0.4, -0.2) is 46.5 Å². The molecular weight excluding hydrogens is 306 g/mol. The van der Waals surface area contributed by atoms with Gasteiger partial charge in [0.15, 0.2) is 0 Å². The second-order valence-electron chi connectivity index (χ2n) is 5.50. The molecule has 1 fully saturated rings. The van der Waals surface area contributed by atoms with Gasteiger partial charge in [0.1, 0.15) is 4.90 Å². The zero-order valence-corrected chi connectivity index (χ0v) is 14.4. The summed E-state index contributed by atoms with van der Waals surface area (Å²) >= 11 is 1.50. The fraction of sp³-hybridized carbons (Fsp3) is 0.714. The minimum absolute atomic E-state index is 0.459. The van der Waals surface area contributed by atoms with Crippen LogP contribution in [0.15, 0.2) is 10.3 Å². The lowest BCUT2D eigenvalue weighted by atomic mass is 10.1. The van der Waals surface area contributed by atoms with Crippen LogP contribution in [0.25, 0.3) is 0 Å². The van der Waals surface area contributed by atoms with Crippen molar-refractivity contribution >= 4 is 21.4 Å². The molecule has 0 aliphatic carbocycles. The molecule has 1 aromatic heterocycles. The average molecular weight is 332 g/mol. The van der Waals surface area contributed by atoms with E-state index in [0.717, 1.165) is 30.1 Å². The minimum Gasteiger partial charge on any atom is -0.315 e. The van der Waals surface area contributed by atoms with Crippen molar-refractivity contribution in [2.24, 2.45) is 0 Å². The molecule has 1 saturated heterocycles. The van der Waals surface area contributed by atoms with Crippen molar-refractivity contribution in [3.63, 3.8) is 0 Å². The molecule has 0 spiro atoms. The summed E-state index contributed by atoms with van der Waals surface area (Å²) in [7, 11) is -1.58. The fourth-order valence-electron chi connectivity index (χ4n) is 2.72. The van der Waals surface area contributed by atoms with Gasteiger partial charge in [-0.05, 0) is 50.8 Å². The number of hydrogen-bond donors (Lipinski definition) is 2. The highest BCUT2D eigenvalue weighted by Crippen LogP contribution is 2.26. The zero-order valence-electron chi connectivity index (χ0n) is 12.8. The largest absolute Gasteiger partial charge is 0.315 e. The van der Waals surface area contributed by atoms with Crippen LogP contribution in [0, 0.1) is 6.92 Å². The number of nitrogens with one attached hydrogen (secondary N) is 2. The summed E-state index contributed by atoms with van der Waals surface area (Å²) in [4.78, 5) is 3.67. The molecule has 1 aromatic rings. The summed E-state index contributed by atoms with van der Waals surface area (Å²) in [6.45, 7) is 5.89. The summed E-state index contributed by atoms with van der Waals surface area (Å²) < 4.78 is 27.8. The number of sulfonamides is 1. The first kappa shape index (κ1) is 16.9. The smallest absolute Gasteiger partial charge is 0.242 e. The number of rotatable bonds is 7. The quantitative estimate of drug-likeness (QED) is 0.796. The summed E-state index contributed by atoms with van der Waals surface area (Å²) in [5.74, 6) is 0. The number of hydrogen-bond acceptors (Lipinski definition) is 5. The monoisotopic (exact) mass is 331 g/mol. The first-order valence-electron chi connectivity index (χ1n) is 7.48. The maximum Gasteiger partial charge on any atom is 0.242 e. The Bertz CT molecular complexity index is 549. The first-order chi connectivity index (χ1) is 10.0. The SMILES string of the molecule is CNCc1scc(C)c1S(=O)(=O)NCCN1CCCCC1. The summed E-state index contributed by atoms with van der Waals surface area (Å²) in [6.07, 6.45) is 3.75. The van der Waals surface area contributed by atoms with Crippen molar-refractivity contribution in [2.75, 3.05) is 33.2 Å². The van der Waals surface area contributed by atoms with E-state index in [1.807, 2.05) is 19.4 Å². The third kappa shape index (κ3) is 4.50. The molecule has 0 atom stereocenters. The maximum atomic E-state index is 12.5. The Balaban J connectivity index is 1.96. The van der Waals surface area contributed by atoms with E-state index in [-0.39, 0.29) is 0 Å². The predicted molar refractivity (Wildman–Crippen MR) is 87.3 cm³/mol. The highest BCUT2D eigenvalue weighted by atomic mass is 32.2. The van der Waals surface area contributed by atoms with E-state index in [4.69, 9.17) is 0 Å². The lowest BCUT2D eigenvalue weighted by Crippen LogP contribution is -2.37. The molecule has 2 rings (SSSR count). The second kappa shape index (κ2) is 7.69. The van der Waals surface area contributed by atoms with E-state index in [9.17, 15) is 8.42 Å². The third-order valence-electron chi connectivity index (χ3n) is 3.76. The summed E-state index contributed by atoms with van der Waals surface area (Å²) in [5, 5.41) is 4.94. The molecule has 2 heterocycles. The Morgan fingerprint density at radius 1 is 1.29 bits per heavy atom. The van der Waals surface area contributed by atoms with E-state index in [0.29, 0.717) is 18.0 Å². The van der Waals surface area contributed by atoms with Crippen LogP contribution < -0.4 is 10.0 Å². The molecule has 21 heavy (non-hydrogen) atoms. The Morgan fingerprint density at radius 2 is 2.00 bits per heavy atom. The molecule has 5 nitrogen and oxygen atoms in total. The van der Waals surface area contributed by atoms with Crippen LogP contribution in [0.2, 0.25) is 0 Å². The van der Waals surface area contributed by atoms with Gasteiger partial charge in [0.25, 0.3) is 0 Å². The molecule has 120 valence electrons. The lowest BCUT2D eigenvalue weighted by Gasteiger charge is -2.26. The van der Waals surface area contributed by atoms with E-state index in [1.165, 1.54) is 30.6 Å². The van der Waals surface area contributed by atoms with Gasteiger partial charge in [-0.25, -0.2) is 13.1 Å². The van der Waals surface area contributed by atoms with Crippen LogP contribution in [-0.2, 0) is 16.6 Å². The molecule has 1 aliphatic rings. The van der Waals surface area contributed by atoms with Crippen molar-refractivity contribution in [3.8, 4) is 0 Å². The lowest BCUT2D eigenvalue weighted by molar-refractivity contribution is 0.233. The Hall–Kier alpha value is -0.470. The van der Waals surface area contributed by atoms with Gasteiger partial charge in [0.05, 0.1) is 0 Å². The molecule has 2 N–H and O–H groups in total. The molecule has 0 amide bonds. The van der Waals surface area contributed by atoms with Gasteiger partial charge in [-0.2, -0.15) is 0 Å². The summed E-state index contributed by atoms with van der Waals surface area (Å²) in [6, 6.07) is 0. The fourth-order valence-corrected chi connectivity index (χ4v) is 5.56. The number of nitrogens with zero attached hydrogens (tertiary/aromatic N) is 1. The maximum absolute atomic E-state index is 12.5. The van der Waals surface area contributed by atoms with Gasteiger partial charge in [-0.1, -0.05) is 6.42 Å². The number of thiophene rings is 1. The van der Waals surface area contributed by atoms with Crippen molar-refractivity contribution in [2.45, 2.75) is 37.6 Å². The van der Waals surface area contributed by atoms with Crippen LogP contribution in [0.4, 0.5) is 0 Å². The highest BCUT2D eigenvalue weighted by Gasteiger charge is 2.22. The molecule has 0 unspecified atom stereocenters. The third-order valence-corrected chi connectivity index (χ3v) is 6.69. The van der Waals surface area contributed by atoms with Gasteiger partial charge in [-0.3, -0.25) is 0 Å². The number of likely N-dealkylation sites (tertiary alicyclic amines) is 1. The highest BCUT2D eigenvalue weighted by molar-refractivity contribution is 7.89. The topological polar surface area (TPSA) is 61.4 Å². The van der Waals surface area contributed by atoms with E-state index < -0.39 is 10.0 Å². The van der Waals surface area contributed by atoms with Crippen LogP contribution >= 0.6 is 11.3 Å². The molecule has 1 aliphatic heterocycles. The number of piperidine rings is 1. The normalized spacial score (nSPS) is 17.2. The van der Waals surface area contributed by atoms with Crippen molar-refractivity contribution < 1.29 is 8.42 Å². The average Bonchev–Trinajstić information content (AvgIpc) is 2.82. The molecule has 0 aromatic carbocycles. The van der Waals surface area contributed by atoms with Gasteiger partial charge >= 0.3 is 0 Å². The molecule has 7 heteroatoms. The summed E-state index contributed by atoms with van der Waals surface area (Å²) in [5.41, 5.74) is 0.829. The Morgan fingerprint density at radius 3 is 2.67 bits per heavy atom. The Labute approximate surface area is 131 Å². The molecule has 0 saturated carbocycles. The van der Waals surface area contributed by atoms with Gasteiger partial charge < -0.3 is 10.2 Å². The van der Waals surface area contributed by atoms with Gasteiger partial charge in [0, 0.05) is 24.5 Å².